The van der Waals surface area contributed by atoms with Crippen LogP contribution in [0, 0.1) is 12.7 Å². The summed E-state index contributed by atoms with van der Waals surface area (Å²) < 4.78 is 14.8. The second kappa shape index (κ2) is 6.70. The lowest BCUT2D eigenvalue weighted by Gasteiger charge is -2.12. The maximum atomic E-state index is 13.2. The minimum atomic E-state index is -0.298. The second-order valence-corrected chi connectivity index (χ2v) is 6.62. The normalized spacial score (nSPS) is 11.2. The zero-order valence-corrected chi connectivity index (χ0v) is 14.4. The van der Waals surface area contributed by atoms with Gasteiger partial charge in [0, 0.05) is 30.1 Å². The van der Waals surface area contributed by atoms with Crippen LogP contribution in [0.3, 0.4) is 0 Å². The number of aryl methyl sites for hydroxylation is 1. The van der Waals surface area contributed by atoms with Crippen LogP contribution in [0.25, 0.3) is 21.3 Å². The number of nitrogens with two attached hydrogens (primary N) is 1. The smallest absolute Gasteiger partial charge is 0.264 e. The number of anilines is 1. The van der Waals surface area contributed by atoms with E-state index in [9.17, 15) is 9.18 Å². The Morgan fingerprint density at radius 2 is 2.04 bits per heavy atom. The quantitative estimate of drug-likeness (QED) is 0.745. The summed E-state index contributed by atoms with van der Waals surface area (Å²) in [6.07, 6.45) is 0. The first-order chi connectivity index (χ1) is 11.6. The maximum Gasteiger partial charge on any atom is 0.264 e. The third-order valence-electron chi connectivity index (χ3n) is 3.86. The fraction of sp³-hybridized carbons (Fsp3) is 0.294. The van der Waals surface area contributed by atoms with Crippen molar-refractivity contribution < 1.29 is 4.39 Å². The van der Waals surface area contributed by atoms with E-state index in [1.165, 1.54) is 23.5 Å². The SMILES string of the molecule is CCn1c(NCCN)nc2sc(C)c(-c3ccc(F)cc3)c2c1=O. The van der Waals surface area contributed by atoms with Gasteiger partial charge in [-0.1, -0.05) is 12.1 Å². The van der Waals surface area contributed by atoms with Gasteiger partial charge in [0.25, 0.3) is 5.56 Å². The van der Waals surface area contributed by atoms with Crippen LogP contribution in [0.2, 0.25) is 0 Å². The van der Waals surface area contributed by atoms with Crippen molar-refractivity contribution in [2.45, 2.75) is 20.4 Å². The summed E-state index contributed by atoms with van der Waals surface area (Å²) in [7, 11) is 0. The number of benzene rings is 1. The number of thiophene rings is 1. The Hall–Kier alpha value is -2.25. The number of rotatable bonds is 5. The molecular weight excluding hydrogens is 327 g/mol. The first kappa shape index (κ1) is 16.6. The third-order valence-corrected chi connectivity index (χ3v) is 4.86. The molecule has 5 nitrogen and oxygen atoms in total. The highest BCUT2D eigenvalue weighted by Gasteiger charge is 2.19. The average molecular weight is 346 g/mol. The zero-order valence-electron chi connectivity index (χ0n) is 13.6. The first-order valence-corrected chi connectivity index (χ1v) is 8.62. The van der Waals surface area contributed by atoms with Gasteiger partial charge < -0.3 is 11.1 Å². The molecule has 0 fully saturated rings. The van der Waals surface area contributed by atoms with Crippen LogP contribution in [0.5, 0.6) is 0 Å². The van der Waals surface area contributed by atoms with E-state index in [4.69, 9.17) is 5.73 Å². The fourth-order valence-electron chi connectivity index (χ4n) is 2.77. The van der Waals surface area contributed by atoms with Crippen molar-refractivity contribution in [1.82, 2.24) is 9.55 Å². The Kier molecular flexibility index (Phi) is 4.64. The second-order valence-electron chi connectivity index (χ2n) is 5.42. The van der Waals surface area contributed by atoms with Gasteiger partial charge in [-0.3, -0.25) is 9.36 Å². The van der Waals surface area contributed by atoms with Gasteiger partial charge in [0.15, 0.2) is 0 Å². The Balaban J connectivity index is 2.27. The molecule has 126 valence electrons. The molecule has 0 saturated carbocycles. The topological polar surface area (TPSA) is 72.9 Å². The molecule has 7 heteroatoms. The molecule has 0 aliphatic heterocycles. The Morgan fingerprint density at radius 3 is 2.67 bits per heavy atom. The van der Waals surface area contributed by atoms with Gasteiger partial charge in [0.2, 0.25) is 5.95 Å². The lowest BCUT2D eigenvalue weighted by Crippen LogP contribution is -2.26. The van der Waals surface area contributed by atoms with Gasteiger partial charge in [0.05, 0.1) is 5.39 Å². The lowest BCUT2D eigenvalue weighted by molar-refractivity contribution is 0.628. The highest BCUT2D eigenvalue weighted by Crippen LogP contribution is 2.36. The van der Waals surface area contributed by atoms with Crippen molar-refractivity contribution in [3.63, 3.8) is 0 Å². The summed E-state index contributed by atoms with van der Waals surface area (Å²) in [6.45, 7) is 5.37. The lowest BCUT2D eigenvalue weighted by atomic mass is 10.0. The number of hydrogen-bond acceptors (Lipinski definition) is 5. The van der Waals surface area contributed by atoms with Crippen LogP contribution >= 0.6 is 11.3 Å². The van der Waals surface area contributed by atoms with E-state index in [1.54, 1.807) is 16.7 Å². The van der Waals surface area contributed by atoms with E-state index >= 15 is 0 Å². The average Bonchev–Trinajstić information content (AvgIpc) is 2.90. The van der Waals surface area contributed by atoms with Gasteiger partial charge in [-0.2, -0.15) is 0 Å². The van der Waals surface area contributed by atoms with Crippen LogP contribution in [0.4, 0.5) is 10.3 Å². The zero-order chi connectivity index (χ0) is 17.3. The molecule has 1 aromatic carbocycles. The molecule has 24 heavy (non-hydrogen) atoms. The molecule has 0 bridgehead atoms. The molecule has 0 aliphatic carbocycles. The molecule has 0 saturated heterocycles. The van der Waals surface area contributed by atoms with Crippen molar-refractivity contribution in [3.05, 3.63) is 45.3 Å². The molecule has 0 unspecified atom stereocenters. The van der Waals surface area contributed by atoms with E-state index in [2.05, 4.69) is 10.3 Å². The monoisotopic (exact) mass is 346 g/mol. The van der Waals surface area contributed by atoms with Gasteiger partial charge in [-0.05, 0) is 31.5 Å². The Bertz CT molecular complexity index is 930. The molecule has 3 aromatic rings. The highest BCUT2D eigenvalue weighted by atomic mass is 32.1. The molecule has 2 aromatic heterocycles. The molecule has 3 N–H and O–H groups in total. The van der Waals surface area contributed by atoms with Crippen molar-refractivity contribution in [2.75, 3.05) is 18.4 Å². The number of fused-ring (bicyclic) bond motifs is 1. The molecular formula is C17H19FN4OS. The van der Waals surface area contributed by atoms with Gasteiger partial charge >= 0.3 is 0 Å². The summed E-state index contributed by atoms with van der Waals surface area (Å²) in [5.74, 6) is 0.237. The van der Waals surface area contributed by atoms with Crippen LogP contribution in [-0.4, -0.2) is 22.6 Å². The van der Waals surface area contributed by atoms with Crippen molar-refractivity contribution >= 4 is 27.5 Å². The summed E-state index contributed by atoms with van der Waals surface area (Å²) in [5.41, 5.74) is 7.09. The molecule has 0 radical (unpaired) electrons. The number of halogens is 1. The van der Waals surface area contributed by atoms with Crippen molar-refractivity contribution in [1.29, 1.82) is 0 Å². The fourth-order valence-corrected chi connectivity index (χ4v) is 3.81. The summed E-state index contributed by atoms with van der Waals surface area (Å²) >= 11 is 1.47. The van der Waals surface area contributed by atoms with Crippen molar-refractivity contribution in [3.8, 4) is 11.1 Å². The molecule has 2 heterocycles. The number of nitrogens with one attached hydrogen (secondary N) is 1. The standard InChI is InChI=1S/C17H19FN4OS/c1-3-22-16(23)14-13(11-4-6-12(18)7-5-11)10(2)24-15(14)21-17(22)20-9-8-19/h4-7H,3,8-9,19H2,1-2H3,(H,20,21). The van der Waals surface area contributed by atoms with Crippen LogP contribution in [0.1, 0.15) is 11.8 Å². The minimum Gasteiger partial charge on any atom is -0.354 e. The molecule has 0 atom stereocenters. The van der Waals surface area contributed by atoms with Crippen LogP contribution in [-0.2, 0) is 6.54 Å². The largest absolute Gasteiger partial charge is 0.354 e. The Morgan fingerprint density at radius 1 is 1.33 bits per heavy atom. The number of nitrogens with zero attached hydrogens (tertiary/aromatic N) is 2. The predicted molar refractivity (Wildman–Crippen MR) is 97.2 cm³/mol. The van der Waals surface area contributed by atoms with E-state index in [0.29, 0.717) is 35.8 Å². The van der Waals surface area contributed by atoms with E-state index in [0.717, 1.165) is 16.0 Å². The predicted octanol–water partition coefficient (Wildman–Crippen LogP) is 2.96. The van der Waals surface area contributed by atoms with Crippen molar-refractivity contribution in [2.24, 2.45) is 5.73 Å². The third kappa shape index (κ3) is 2.81. The molecule has 3 rings (SSSR count). The molecule has 0 amide bonds. The van der Waals surface area contributed by atoms with Crippen LogP contribution in [0.15, 0.2) is 29.1 Å². The summed E-state index contributed by atoms with van der Waals surface area (Å²) in [4.78, 5) is 19.3. The van der Waals surface area contributed by atoms with Gasteiger partial charge in [-0.25, -0.2) is 9.37 Å². The maximum absolute atomic E-state index is 13.2. The summed E-state index contributed by atoms with van der Waals surface area (Å²) in [5, 5.41) is 3.69. The number of aromatic nitrogens is 2. The van der Waals surface area contributed by atoms with Gasteiger partial charge in [-0.15, -0.1) is 11.3 Å². The molecule has 0 spiro atoms. The van der Waals surface area contributed by atoms with E-state index in [1.807, 2.05) is 13.8 Å². The summed E-state index contributed by atoms with van der Waals surface area (Å²) in [6, 6.07) is 6.20. The van der Waals surface area contributed by atoms with Crippen LogP contribution < -0.4 is 16.6 Å². The van der Waals surface area contributed by atoms with E-state index < -0.39 is 0 Å². The molecule has 0 aliphatic rings. The van der Waals surface area contributed by atoms with Gasteiger partial charge in [0.1, 0.15) is 10.6 Å². The minimum absolute atomic E-state index is 0.0919. The Labute approximate surface area is 143 Å². The number of hydrogen-bond donors (Lipinski definition) is 2. The highest BCUT2D eigenvalue weighted by molar-refractivity contribution is 7.19. The van der Waals surface area contributed by atoms with E-state index in [-0.39, 0.29) is 11.4 Å². The first-order valence-electron chi connectivity index (χ1n) is 7.80.